The van der Waals surface area contributed by atoms with Gasteiger partial charge in [-0.1, -0.05) is 22.9 Å². The highest BCUT2D eigenvalue weighted by atomic mass is 35.5. The van der Waals surface area contributed by atoms with Crippen molar-refractivity contribution in [3.05, 3.63) is 10.0 Å². The Bertz CT molecular complexity index is 546. The second-order valence-electron chi connectivity index (χ2n) is 3.50. The van der Waals surface area contributed by atoms with Crippen LogP contribution in [0.15, 0.2) is 0 Å². The molecule has 0 aliphatic carbocycles. The molecule has 1 fully saturated rings. The molecule has 0 radical (unpaired) electrons. The predicted molar refractivity (Wildman–Crippen MR) is 62.5 cm³/mol. The van der Waals surface area contributed by atoms with E-state index in [0.717, 1.165) is 11.3 Å². The van der Waals surface area contributed by atoms with E-state index >= 15 is 0 Å². The van der Waals surface area contributed by atoms with E-state index < -0.39 is 9.84 Å². The van der Waals surface area contributed by atoms with Gasteiger partial charge in [0.25, 0.3) is 0 Å². The number of nitrogens with zero attached hydrogens (tertiary/aromatic N) is 2. The van der Waals surface area contributed by atoms with Crippen molar-refractivity contribution < 1.29 is 8.42 Å². The molecule has 2 rings (SSSR count). The molecule has 0 amide bonds. The van der Waals surface area contributed by atoms with E-state index in [2.05, 4.69) is 10.3 Å². The molecule has 0 aromatic carbocycles. The molecule has 1 unspecified atom stereocenters. The second kappa shape index (κ2) is 4.20. The molecule has 1 saturated heterocycles. The largest absolute Gasteiger partial charge is 0.358 e. The van der Waals surface area contributed by atoms with Crippen molar-refractivity contribution in [1.29, 1.82) is 5.26 Å². The lowest BCUT2D eigenvalue weighted by Crippen LogP contribution is -2.20. The van der Waals surface area contributed by atoms with Gasteiger partial charge in [0.1, 0.15) is 10.9 Å². The summed E-state index contributed by atoms with van der Waals surface area (Å²) >= 11 is 6.84. The number of hydrogen-bond acceptors (Lipinski definition) is 6. The van der Waals surface area contributed by atoms with Crippen LogP contribution in [0, 0.1) is 11.3 Å². The first-order valence-electron chi connectivity index (χ1n) is 4.53. The first-order chi connectivity index (χ1) is 7.50. The highest BCUT2D eigenvalue weighted by Crippen LogP contribution is 2.27. The van der Waals surface area contributed by atoms with Gasteiger partial charge in [-0.3, -0.25) is 0 Å². The summed E-state index contributed by atoms with van der Waals surface area (Å²) in [5.41, 5.74) is 0. The van der Waals surface area contributed by atoms with Crippen molar-refractivity contribution in [1.82, 2.24) is 4.98 Å². The number of aromatic nitrogens is 1. The Labute approximate surface area is 102 Å². The molecule has 1 aliphatic rings. The third-order valence-electron chi connectivity index (χ3n) is 2.25. The van der Waals surface area contributed by atoms with E-state index in [-0.39, 0.29) is 22.7 Å². The smallest absolute Gasteiger partial charge is 0.185 e. The lowest BCUT2D eigenvalue weighted by Gasteiger charge is -2.07. The van der Waals surface area contributed by atoms with Gasteiger partial charge in [-0.15, -0.1) is 0 Å². The molecule has 5 nitrogen and oxygen atoms in total. The van der Waals surface area contributed by atoms with Crippen LogP contribution in [0.3, 0.4) is 0 Å². The van der Waals surface area contributed by atoms with Crippen LogP contribution < -0.4 is 5.32 Å². The van der Waals surface area contributed by atoms with Crippen LogP contribution in [0.5, 0.6) is 0 Å². The molecule has 0 spiro atoms. The van der Waals surface area contributed by atoms with Crippen LogP contribution in [0.4, 0.5) is 5.13 Å². The summed E-state index contributed by atoms with van der Waals surface area (Å²) in [6.45, 7) is 0. The van der Waals surface area contributed by atoms with Crippen molar-refractivity contribution >= 4 is 37.9 Å². The van der Waals surface area contributed by atoms with E-state index in [0.29, 0.717) is 16.4 Å². The van der Waals surface area contributed by atoms with Gasteiger partial charge >= 0.3 is 0 Å². The Morgan fingerprint density at radius 3 is 2.88 bits per heavy atom. The molecule has 16 heavy (non-hydrogen) atoms. The standard InChI is InChI=1S/C8H8ClN3O2S2/c9-7-6(3-10)15-8(12-7)11-5-1-2-16(13,14)4-5/h5H,1-2,4H2,(H,11,12). The maximum Gasteiger partial charge on any atom is 0.185 e. The molecule has 1 atom stereocenters. The van der Waals surface area contributed by atoms with Crippen molar-refractivity contribution in [3.8, 4) is 6.07 Å². The lowest BCUT2D eigenvalue weighted by atomic mass is 10.3. The van der Waals surface area contributed by atoms with Crippen molar-refractivity contribution in [2.45, 2.75) is 12.5 Å². The summed E-state index contributed by atoms with van der Waals surface area (Å²) in [6, 6.07) is 1.80. The SMILES string of the molecule is N#Cc1sc(NC2CCS(=O)(=O)C2)nc1Cl. The highest BCUT2D eigenvalue weighted by Gasteiger charge is 2.28. The molecule has 1 aliphatic heterocycles. The summed E-state index contributed by atoms with van der Waals surface area (Å²) in [5, 5.41) is 12.3. The van der Waals surface area contributed by atoms with E-state index in [1.54, 1.807) is 0 Å². The van der Waals surface area contributed by atoms with E-state index in [9.17, 15) is 8.42 Å². The van der Waals surface area contributed by atoms with Gasteiger partial charge in [-0.25, -0.2) is 13.4 Å². The average Bonchev–Trinajstić information content (AvgIpc) is 2.70. The van der Waals surface area contributed by atoms with Crippen LogP contribution in [0.25, 0.3) is 0 Å². The van der Waals surface area contributed by atoms with E-state index in [1.807, 2.05) is 6.07 Å². The van der Waals surface area contributed by atoms with Gasteiger partial charge in [-0.2, -0.15) is 5.26 Å². The van der Waals surface area contributed by atoms with Gasteiger partial charge < -0.3 is 5.32 Å². The third-order valence-corrected chi connectivity index (χ3v) is 5.29. The summed E-state index contributed by atoms with van der Waals surface area (Å²) in [6.07, 6.45) is 0.571. The molecule has 0 bridgehead atoms. The predicted octanol–water partition coefficient (Wildman–Crippen LogP) is 1.27. The molecule has 1 N–H and O–H groups in total. The maximum atomic E-state index is 11.2. The topological polar surface area (TPSA) is 82.9 Å². The molecular formula is C8H8ClN3O2S2. The molecule has 86 valence electrons. The molecule has 0 saturated carbocycles. The number of nitrogens with one attached hydrogen (secondary N) is 1. The zero-order valence-corrected chi connectivity index (χ0v) is 10.5. The third kappa shape index (κ3) is 2.45. The Balaban J connectivity index is 2.08. The van der Waals surface area contributed by atoms with Crippen molar-refractivity contribution in [2.75, 3.05) is 16.8 Å². The quantitative estimate of drug-likeness (QED) is 0.880. The van der Waals surface area contributed by atoms with Gasteiger partial charge in [0.05, 0.1) is 11.5 Å². The number of hydrogen-bond donors (Lipinski definition) is 1. The van der Waals surface area contributed by atoms with Gasteiger partial charge in [0, 0.05) is 6.04 Å². The van der Waals surface area contributed by atoms with Gasteiger partial charge in [0.15, 0.2) is 20.1 Å². The Morgan fingerprint density at radius 2 is 2.38 bits per heavy atom. The summed E-state index contributed by atoms with van der Waals surface area (Å²) in [4.78, 5) is 4.29. The second-order valence-corrected chi connectivity index (χ2v) is 7.08. The monoisotopic (exact) mass is 277 g/mol. The summed E-state index contributed by atoms with van der Waals surface area (Å²) in [5.74, 6) is 0.320. The average molecular weight is 278 g/mol. The van der Waals surface area contributed by atoms with Gasteiger partial charge in [-0.05, 0) is 6.42 Å². The molecular weight excluding hydrogens is 270 g/mol. The van der Waals surface area contributed by atoms with E-state index in [4.69, 9.17) is 16.9 Å². The van der Waals surface area contributed by atoms with Gasteiger partial charge in [0.2, 0.25) is 0 Å². The minimum Gasteiger partial charge on any atom is -0.358 e. The fraction of sp³-hybridized carbons (Fsp3) is 0.500. The van der Waals surface area contributed by atoms with Crippen molar-refractivity contribution in [2.24, 2.45) is 0 Å². The van der Waals surface area contributed by atoms with Crippen molar-refractivity contribution in [3.63, 3.8) is 0 Å². The van der Waals surface area contributed by atoms with Crippen LogP contribution in [0.1, 0.15) is 11.3 Å². The fourth-order valence-corrected chi connectivity index (χ4v) is 4.21. The molecule has 2 heterocycles. The number of sulfone groups is 1. The zero-order chi connectivity index (χ0) is 11.8. The number of halogens is 1. The number of nitriles is 1. The molecule has 1 aromatic heterocycles. The van der Waals surface area contributed by atoms with Crippen LogP contribution in [-0.2, 0) is 9.84 Å². The Morgan fingerprint density at radius 1 is 1.62 bits per heavy atom. The molecule has 1 aromatic rings. The minimum atomic E-state index is -2.91. The van der Waals surface area contributed by atoms with Crippen LogP contribution in [-0.4, -0.2) is 30.9 Å². The number of anilines is 1. The summed E-state index contributed by atoms with van der Waals surface area (Å²) in [7, 11) is -2.91. The number of thiazole rings is 1. The lowest BCUT2D eigenvalue weighted by molar-refractivity contribution is 0.602. The molecule has 8 heteroatoms. The highest BCUT2D eigenvalue weighted by molar-refractivity contribution is 7.91. The summed E-state index contributed by atoms with van der Waals surface area (Å²) < 4.78 is 22.4. The Kier molecular flexibility index (Phi) is 3.06. The first kappa shape index (κ1) is 11.6. The van der Waals surface area contributed by atoms with E-state index in [1.165, 1.54) is 0 Å². The van der Waals surface area contributed by atoms with Crippen LogP contribution >= 0.6 is 22.9 Å². The Hall–Kier alpha value is -0.840. The minimum absolute atomic E-state index is 0.117. The first-order valence-corrected chi connectivity index (χ1v) is 7.55. The number of rotatable bonds is 2. The normalized spacial score (nSPS) is 22.9. The maximum absolute atomic E-state index is 11.2. The fourth-order valence-electron chi connectivity index (χ4n) is 1.52. The van der Waals surface area contributed by atoms with Crippen LogP contribution in [0.2, 0.25) is 5.15 Å². The zero-order valence-electron chi connectivity index (χ0n) is 8.10.